The Balaban J connectivity index is 1.98. The van der Waals surface area contributed by atoms with Crippen LogP contribution < -0.4 is 10.5 Å². The zero-order valence-electron chi connectivity index (χ0n) is 12.1. The Morgan fingerprint density at radius 2 is 2.15 bits per heavy atom. The van der Waals surface area contributed by atoms with Crippen molar-refractivity contribution in [3.63, 3.8) is 0 Å². The molecule has 0 bridgehead atoms. The first kappa shape index (κ1) is 14.8. The molecule has 0 saturated carbocycles. The fourth-order valence-corrected chi connectivity index (χ4v) is 2.20. The van der Waals surface area contributed by atoms with Crippen molar-refractivity contribution in [2.24, 2.45) is 5.73 Å². The van der Waals surface area contributed by atoms with Gasteiger partial charge in [0.1, 0.15) is 5.75 Å². The molecule has 1 fully saturated rings. The molecule has 1 aromatic carbocycles. The zero-order valence-corrected chi connectivity index (χ0v) is 12.1. The maximum Gasteiger partial charge on any atom is 0.260 e. The van der Waals surface area contributed by atoms with Gasteiger partial charge in [-0.2, -0.15) is 0 Å². The minimum atomic E-state index is -0.122. The molecular weight excluding hydrogens is 256 g/mol. The molecule has 2 rings (SSSR count). The van der Waals surface area contributed by atoms with Gasteiger partial charge in [-0.15, -0.1) is 0 Å². The van der Waals surface area contributed by atoms with Crippen molar-refractivity contribution < 1.29 is 14.3 Å². The van der Waals surface area contributed by atoms with Crippen molar-refractivity contribution in [2.45, 2.75) is 19.9 Å². The Morgan fingerprint density at radius 1 is 1.45 bits per heavy atom. The molecule has 5 heteroatoms. The van der Waals surface area contributed by atoms with Crippen LogP contribution in [0.3, 0.4) is 0 Å². The van der Waals surface area contributed by atoms with Gasteiger partial charge in [-0.25, -0.2) is 0 Å². The number of morpholine rings is 1. The highest BCUT2D eigenvalue weighted by molar-refractivity contribution is 5.77. The highest BCUT2D eigenvalue weighted by Crippen LogP contribution is 2.25. The highest BCUT2D eigenvalue weighted by atomic mass is 16.5. The second-order valence-corrected chi connectivity index (χ2v) is 5.11. The largest absolute Gasteiger partial charge is 0.483 e. The van der Waals surface area contributed by atoms with Gasteiger partial charge in [0.15, 0.2) is 6.61 Å². The van der Waals surface area contributed by atoms with Crippen molar-refractivity contribution in [1.29, 1.82) is 0 Å². The maximum atomic E-state index is 12.0. The molecule has 2 N–H and O–H groups in total. The lowest BCUT2D eigenvalue weighted by molar-refractivity contribution is -0.137. The van der Waals surface area contributed by atoms with E-state index in [9.17, 15) is 4.79 Å². The van der Waals surface area contributed by atoms with Crippen LogP contribution >= 0.6 is 0 Å². The standard InChI is InChI=1S/C15H22N2O3/c1-11-3-4-14(13(9-11)12(2)16)20-10-15(18)17-5-7-19-8-6-17/h3-4,9,12H,5-8,10,16H2,1-2H3/t12-/m1/s1. The Kier molecular flexibility index (Phi) is 4.98. The van der Waals surface area contributed by atoms with E-state index in [-0.39, 0.29) is 18.6 Å². The van der Waals surface area contributed by atoms with Crippen LogP contribution in [-0.2, 0) is 9.53 Å². The van der Waals surface area contributed by atoms with Gasteiger partial charge in [-0.05, 0) is 19.9 Å². The lowest BCUT2D eigenvalue weighted by Crippen LogP contribution is -2.43. The van der Waals surface area contributed by atoms with Crippen LogP contribution in [0, 0.1) is 6.92 Å². The first-order valence-electron chi connectivity index (χ1n) is 6.92. The molecule has 0 aromatic heterocycles. The van der Waals surface area contributed by atoms with Crippen molar-refractivity contribution in [2.75, 3.05) is 32.9 Å². The molecule has 5 nitrogen and oxygen atoms in total. The van der Waals surface area contributed by atoms with Gasteiger partial charge in [0.25, 0.3) is 5.91 Å². The van der Waals surface area contributed by atoms with Gasteiger partial charge < -0.3 is 20.1 Å². The van der Waals surface area contributed by atoms with Crippen molar-refractivity contribution in [1.82, 2.24) is 4.90 Å². The first-order valence-corrected chi connectivity index (χ1v) is 6.92. The summed E-state index contributed by atoms with van der Waals surface area (Å²) in [6.45, 7) is 6.43. The van der Waals surface area contributed by atoms with E-state index in [1.807, 2.05) is 32.0 Å². The van der Waals surface area contributed by atoms with E-state index in [2.05, 4.69) is 0 Å². The lowest BCUT2D eigenvalue weighted by atomic mass is 10.1. The van der Waals surface area contributed by atoms with E-state index in [0.29, 0.717) is 32.1 Å². The van der Waals surface area contributed by atoms with Gasteiger partial charge in [-0.3, -0.25) is 4.79 Å². The number of nitrogens with zero attached hydrogens (tertiary/aromatic N) is 1. The Morgan fingerprint density at radius 3 is 2.80 bits per heavy atom. The van der Waals surface area contributed by atoms with Gasteiger partial charge in [0.2, 0.25) is 0 Å². The molecule has 1 amide bonds. The van der Waals surface area contributed by atoms with E-state index in [0.717, 1.165) is 11.1 Å². The average molecular weight is 278 g/mol. The molecular formula is C15H22N2O3. The third kappa shape index (κ3) is 3.71. The molecule has 0 radical (unpaired) electrons. The monoisotopic (exact) mass is 278 g/mol. The van der Waals surface area contributed by atoms with Crippen molar-refractivity contribution >= 4 is 5.91 Å². The molecule has 1 atom stereocenters. The molecule has 1 aromatic rings. The van der Waals surface area contributed by atoms with Crippen LogP contribution in [0.2, 0.25) is 0 Å². The number of nitrogens with two attached hydrogens (primary N) is 1. The molecule has 1 aliphatic heterocycles. The molecule has 110 valence electrons. The van der Waals surface area contributed by atoms with E-state index < -0.39 is 0 Å². The van der Waals surface area contributed by atoms with Gasteiger partial charge >= 0.3 is 0 Å². The minimum Gasteiger partial charge on any atom is -0.483 e. The predicted molar refractivity (Wildman–Crippen MR) is 76.7 cm³/mol. The summed E-state index contributed by atoms with van der Waals surface area (Å²) in [5.41, 5.74) is 8.00. The third-order valence-electron chi connectivity index (χ3n) is 3.37. The first-order chi connectivity index (χ1) is 9.58. The average Bonchev–Trinajstić information content (AvgIpc) is 2.46. The van der Waals surface area contributed by atoms with Crippen LogP contribution in [0.1, 0.15) is 24.1 Å². The third-order valence-corrected chi connectivity index (χ3v) is 3.37. The molecule has 0 spiro atoms. The topological polar surface area (TPSA) is 64.8 Å². The number of benzene rings is 1. The summed E-state index contributed by atoms with van der Waals surface area (Å²) in [5, 5.41) is 0. The molecule has 0 aliphatic carbocycles. The number of aryl methyl sites for hydroxylation is 1. The van der Waals surface area contributed by atoms with Crippen LogP contribution in [-0.4, -0.2) is 43.7 Å². The quantitative estimate of drug-likeness (QED) is 0.900. The van der Waals surface area contributed by atoms with Crippen LogP contribution in [0.25, 0.3) is 0 Å². The molecule has 1 heterocycles. The maximum absolute atomic E-state index is 12.0. The SMILES string of the molecule is Cc1ccc(OCC(=O)N2CCOCC2)c([C@@H](C)N)c1. The van der Waals surface area contributed by atoms with Crippen molar-refractivity contribution in [3.8, 4) is 5.75 Å². The van der Waals surface area contributed by atoms with Gasteiger partial charge in [0.05, 0.1) is 13.2 Å². The van der Waals surface area contributed by atoms with E-state index >= 15 is 0 Å². The van der Waals surface area contributed by atoms with Crippen LogP contribution in [0.15, 0.2) is 18.2 Å². The number of ether oxygens (including phenoxy) is 2. The Labute approximate surface area is 119 Å². The van der Waals surface area contributed by atoms with Gasteiger partial charge in [-0.1, -0.05) is 17.7 Å². The normalized spacial score (nSPS) is 16.9. The Hall–Kier alpha value is -1.59. The fourth-order valence-electron chi connectivity index (χ4n) is 2.20. The number of amides is 1. The summed E-state index contributed by atoms with van der Waals surface area (Å²) in [4.78, 5) is 13.8. The lowest BCUT2D eigenvalue weighted by Gasteiger charge is -2.27. The second kappa shape index (κ2) is 6.72. The summed E-state index contributed by atoms with van der Waals surface area (Å²) >= 11 is 0. The summed E-state index contributed by atoms with van der Waals surface area (Å²) in [7, 11) is 0. The number of hydrogen-bond donors (Lipinski definition) is 1. The molecule has 1 aliphatic rings. The summed E-state index contributed by atoms with van der Waals surface area (Å²) in [6.07, 6.45) is 0. The Bertz CT molecular complexity index is 468. The fraction of sp³-hybridized carbons (Fsp3) is 0.533. The number of carbonyl (C=O) groups is 1. The zero-order chi connectivity index (χ0) is 14.5. The van der Waals surface area contributed by atoms with E-state index in [1.54, 1.807) is 4.90 Å². The van der Waals surface area contributed by atoms with E-state index in [1.165, 1.54) is 0 Å². The van der Waals surface area contributed by atoms with E-state index in [4.69, 9.17) is 15.2 Å². The summed E-state index contributed by atoms with van der Waals surface area (Å²) in [5.74, 6) is 0.678. The number of carbonyl (C=O) groups excluding carboxylic acids is 1. The number of rotatable bonds is 4. The number of hydrogen-bond acceptors (Lipinski definition) is 4. The van der Waals surface area contributed by atoms with Crippen LogP contribution in [0.5, 0.6) is 5.75 Å². The minimum absolute atomic E-state index is 0.00972. The smallest absolute Gasteiger partial charge is 0.260 e. The predicted octanol–water partition coefficient (Wildman–Crippen LogP) is 1.25. The molecule has 0 unspecified atom stereocenters. The van der Waals surface area contributed by atoms with Crippen molar-refractivity contribution in [3.05, 3.63) is 29.3 Å². The highest BCUT2D eigenvalue weighted by Gasteiger charge is 2.18. The molecule has 20 heavy (non-hydrogen) atoms. The summed E-state index contributed by atoms with van der Waals surface area (Å²) < 4.78 is 10.9. The van der Waals surface area contributed by atoms with Gasteiger partial charge in [0, 0.05) is 24.7 Å². The molecule has 1 saturated heterocycles. The second-order valence-electron chi connectivity index (χ2n) is 5.11. The van der Waals surface area contributed by atoms with Crippen LogP contribution in [0.4, 0.5) is 0 Å². The summed E-state index contributed by atoms with van der Waals surface area (Å²) in [6, 6.07) is 5.71.